The van der Waals surface area contributed by atoms with E-state index >= 15 is 0 Å². The first-order chi connectivity index (χ1) is 8.87. The van der Waals surface area contributed by atoms with Gasteiger partial charge in [0.1, 0.15) is 5.75 Å². The first-order valence-corrected chi connectivity index (χ1v) is 5.68. The van der Waals surface area contributed by atoms with Gasteiger partial charge in [0.05, 0.1) is 19.4 Å². The Hall–Kier alpha value is -1.92. The molecule has 1 aromatic rings. The second-order valence-corrected chi connectivity index (χ2v) is 3.88. The van der Waals surface area contributed by atoms with Crippen molar-refractivity contribution >= 4 is 11.6 Å². The van der Waals surface area contributed by atoms with Crippen molar-refractivity contribution in [1.29, 1.82) is 0 Å². The van der Waals surface area contributed by atoms with Gasteiger partial charge >= 0.3 is 6.18 Å². The minimum atomic E-state index is -4.26. The van der Waals surface area contributed by atoms with Crippen molar-refractivity contribution < 1.29 is 22.7 Å². The number of alkyl halides is 3. The Balaban J connectivity index is 2.15. The number of nitrogens with two attached hydrogens (primary N) is 1. The Kier molecular flexibility index (Phi) is 5.47. The number of benzene rings is 1. The molecule has 0 unspecified atom stereocenters. The molecule has 0 saturated heterocycles. The summed E-state index contributed by atoms with van der Waals surface area (Å²) in [5.41, 5.74) is 6.08. The summed E-state index contributed by atoms with van der Waals surface area (Å²) in [4.78, 5) is 11.2. The molecule has 0 aliphatic heterocycles. The van der Waals surface area contributed by atoms with E-state index in [1.807, 2.05) is 0 Å². The Bertz CT molecular complexity index is 404. The monoisotopic (exact) mass is 276 g/mol. The van der Waals surface area contributed by atoms with Crippen molar-refractivity contribution in [3.8, 4) is 5.75 Å². The van der Waals surface area contributed by atoms with Gasteiger partial charge in [0.2, 0.25) is 5.91 Å². The number of anilines is 1. The lowest BCUT2D eigenvalue weighted by atomic mass is 10.3. The van der Waals surface area contributed by atoms with Crippen LogP contribution in [0, 0.1) is 0 Å². The Morgan fingerprint density at radius 3 is 2.47 bits per heavy atom. The molecule has 1 aromatic carbocycles. The fraction of sp³-hybridized carbons (Fsp3) is 0.417. The molecule has 7 heteroatoms. The highest BCUT2D eigenvalue weighted by Crippen LogP contribution is 2.18. The molecule has 0 fully saturated rings. The van der Waals surface area contributed by atoms with E-state index in [9.17, 15) is 18.0 Å². The molecule has 3 N–H and O–H groups in total. The molecule has 0 aliphatic rings. The third kappa shape index (κ3) is 7.17. The maximum atomic E-state index is 11.8. The molecule has 0 saturated carbocycles. The van der Waals surface area contributed by atoms with Gasteiger partial charge in [-0.2, -0.15) is 13.2 Å². The summed E-state index contributed by atoms with van der Waals surface area (Å²) in [6.07, 6.45) is -5.28. The van der Waals surface area contributed by atoms with Gasteiger partial charge in [0, 0.05) is 12.2 Å². The highest BCUT2D eigenvalue weighted by atomic mass is 19.4. The van der Waals surface area contributed by atoms with Crippen molar-refractivity contribution in [2.45, 2.75) is 19.0 Å². The quantitative estimate of drug-likeness (QED) is 0.782. The number of nitrogen functional groups attached to an aromatic ring is 1. The van der Waals surface area contributed by atoms with E-state index in [0.29, 0.717) is 11.4 Å². The van der Waals surface area contributed by atoms with Gasteiger partial charge in [-0.15, -0.1) is 0 Å². The van der Waals surface area contributed by atoms with Crippen LogP contribution in [0.25, 0.3) is 0 Å². The summed E-state index contributed by atoms with van der Waals surface area (Å²) in [6, 6.07) is 6.60. The zero-order valence-electron chi connectivity index (χ0n) is 10.2. The van der Waals surface area contributed by atoms with E-state index < -0.39 is 25.0 Å². The van der Waals surface area contributed by atoms with Gasteiger partial charge in [-0.05, 0) is 24.3 Å². The molecule has 0 bridgehead atoms. The van der Waals surface area contributed by atoms with E-state index in [4.69, 9.17) is 10.5 Å². The summed E-state index contributed by atoms with van der Waals surface area (Å²) in [5.74, 6) is 0.0805. The highest BCUT2D eigenvalue weighted by molar-refractivity contribution is 5.75. The average molecular weight is 276 g/mol. The normalized spacial score (nSPS) is 11.1. The number of carbonyl (C=O) groups is 1. The maximum Gasteiger partial charge on any atom is 0.390 e. The standard InChI is InChI=1S/C12H15F3N2O2/c13-12(14,15)6-7-17-11(18)5-8-19-10-3-1-9(16)2-4-10/h1-4H,5-8,16H2,(H,17,18). The first kappa shape index (κ1) is 15.1. The van der Waals surface area contributed by atoms with E-state index in [0.717, 1.165) is 0 Å². The Morgan fingerprint density at radius 1 is 1.26 bits per heavy atom. The number of halogens is 3. The van der Waals surface area contributed by atoms with Crippen LogP contribution in [0.4, 0.5) is 18.9 Å². The molecule has 19 heavy (non-hydrogen) atoms. The predicted octanol–water partition coefficient (Wildman–Crippen LogP) is 2.11. The molecule has 0 atom stereocenters. The molecule has 0 aromatic heterocycles. The molecule has 1 amide bonds. The number of carbonyl (C=O) groups excluding carboxylic acids is 1. The third-order valence-electron chi connectivity index (χ3n) is 2.21. The van der Waals surface area contributed by atoms with Crippen molar-refractivity contribution in [2.75, 3.05) is 18.9 Å². The van der Waals surface area contributed by atoms with E-state index in [1.54, 1.807) is 24.3 Å². The zero-order valence-corrected chi connectivity index (χ0v) is 10.2. The van der Waals surface area contributed by atoms with Crippen LogP contribution in [0.3, 0.4) is 0 Å². The molecule has 0 heterocycles. The molecular weight excluding hydrogens is 261 g/mol. The third-order valence-corrected chi connectivity index (χ3v) is 2.21. The average Bonchev–Trinajstić information content (AvgIpc) is 2.30. The van der Waals surface area contributed by atoms with Crippen molar-refractivity contribution in [3.05, 3.63) is 24.3 Å². The fourth-order valence-electron chi connectivity index (χ4n) is 1.26. The van der Waals surface area contributed by atoms with Gasteiger partial charge in [-0.3, -0.25) is 4.79 Å². The molecule has 0 spiro atoms. The van der Waals surface area contributed by atoms with E-state index in [2.05, 4.69) is 5.32 Å². The van der Waals surface area contributed by atoms with Crippen LogP contribution in [0.15, 0.2) is 24.3 Å². The zero-order chi connectivity index (χ0) is 14.3. The number of hydrogen-bond donors (Lipinski definition) is 2. The number of ether oxygens (including phenoxy) is 1. The van der Waals surface area contributed by atoms with Crippen molar-refractivity contribution in [2.24, 2.45) is 0 Å². The first-order valence-electron chi connectivity index (χ1n) is 5.68. The lowest BCUT2D eigenvalue weighted by Crippen LogP contribution is -2.28. The smallest absolute Gasteiger partial charge is 0.390 e. The predicted molar refractivity (Wildman–Crippen MR) is 64.6 cm³/mol. The molecule has 106 valence electrons. The number of nitrogens with one attached hydrogen (secondary N) is 1. The lowest BCUT2D eigenvalue weighted by Gasteiger charge is -2.09. The van der Waals surface area contributed by atoms with Gasteiger partial charge < -0.3 is 15.8 Å². The van der Waals surface area contributed by atoms with Gasteiger partial charge in [-0.1, -0.05) is 0 Å². The summed E-state index contributed by atoms with van der Waals surface area (Å²) in [7, 11) is 0. The molecule has 4 nitrogen and oxygen atoms in total. The molecule has 1 rings (SSSR count). The van der Waals surface area contributed by atoms with Gasteiger partial charge in [-0.25, -0.2) is 0 Å². The highest BCUT2D eigenvalue weighted by Gasteiger charge is 2.26. The maximum absolute atomic E-state index is 11.8. The Morgan fingerprint density at radius 2 is 1.89 bits per heavy atom. The van der Waals surface area contributed by atoms with Crippen LogP contribution in [0.5, 0.6) is 5.75 Å². The number of rotatable bonds is 6. The van der Waals surface area contributed by atoms with Gasteiger partial charge in [0.15, 0.2) is 0 Å². The Labute approximate surface area is 108 Å². The second-order valence-electron chi connectivity index (χ2n) is 3.88. The van der Waals surface area contributed by atoms with Crippen LogP contribution in [-0.2, 0) is 4.79 Å². The summed E-state index contributed by atoms with van der Waals surface area (Å²) >= 11 is 0. The van der Waals surface area contributed by atoms with Crippen LogP contribution < -0.4 is 15.8 Å². The minimum Gasteiger partial charge on any atom is -0.493 e. The SMILES string of the molecule is Nc1ccc(OCCC(=O)NCCC(F)(F)F)cc1. The fourth-order valence-corrected chi connectivity index (χ4v) is 1.26. The minimum absolute atomic E-state index is 0.00222. The number of amides is 1. The van der Waals surface area contributed by atoms with Crippen molar-refractivity contribution in [1.82, 2.24) is 5.32 Å². The number of hydrogen-bond acceptors (Lipinski definition) is 3. The van der Waals surface area contributed by atoms with Crippen LogP contribution >= 0.6 is 0 Å². The van der Waals surface area contributed by atoms with E-state index in [1.165, 1.54) is 0 Å². The second kappa shape index (κ2) is 6.86. The largest absolute Gasteiger partial charge is 0.493 e. The summed E-state index contributed by atoms with van der Waals surface area (Å²) < 4.78 is 40.7. The molecule has 0 radical (unpaired) electrons. The van der Waals surface area contributed by atoms with E-state index in [-0.39, 0.29) is 13.0 Å². The van der Waals surface area contributed by atoms with Crippen LogP contribution in [-0.4, -0.2) is 25.2 Å². The lowest BCUT2D eigenvalue weighted by molar-refractivity contribution is -0.135. The molecule has 0 aliphatic carbocycles. The molecular formula is C12H15F3N2O2. The summed E-state index contributed by atoms with van der Waals surface area (Å²) in [5, 5.41) is 2.18. The topological polar surface area (TPSA) is 64.3 Å². The van der Waals surface area contributed by atoms with Crippen LogP contribution in [0.1, 0.15) is 12.8 Å². The van der Waals surface area contributed by atoms with Crippen LogP contribution in [0.2, 0.25) is 0 Å². The van der Waals surface area contributed by atoms with Gasteiger partial charge in [0.25, 0.3) is 0 Å². The summed E-state index contributed by atoms with van der Waals surface area (Å²) in [6.45, 7) is -0.314. The van der Waals surface area contributed by atoms with Crippen molar-refractivity contribution in [3.63, 3.8) is 0 Å².